The maximum absolute atomic E-state index is 8.69. The number of thioether (sulfide) groups is 2. The molecule has 0 aliphatic carbocycles. The second-order valence-corrected chi connectivity index (χ2v) is 5.58. The molecule has 0 radical (unpaired) electrons. The fourth-order valence-electron chi connectivity index (χ4n) is 1.54. The van der Waals surface area contributed by atoms with Gasteiger partial charge in [-0.25, -0.2) is 0 Å². The Morgan fingerprint density at radius 3 is 1.62 bits per heavy atom. The third kappa shape index (κ3) is 3.20. The molecule has 1 aromatic rings. The van der Waals surface area contributed by atoms with Crippen molar-refractivity contribution >= 4 is 23.5 Å². The van der Waals surface area contributed by atoms with E-state index >= 15 is 0 Å². The first-order valence-corrected chi connectivity index (χ1v) is 6.65. The van der Waals surface area contributed by atoms with Crippen LogP contribution >= 0.6 is 23.5 Å². The van der Waals surface area contributed by atoms with Gasteiger partial charge in [0.15, 0.2) is 0 Å². The van der Waals surface area contributed by atoms with Crippen LogP contribution in [0.25, 0.3) is 0 Å². The highest BCUT2D eigenvalue weighted by Gasteiger charge is 2.15. The van der Waals surface area contributed by atoms with Crippen molar-refractivity contribution in [3.05, 3.63) is 35.4 Å². The maximum atomic E-state index is 8.69. The van der Waals surface area contributed by atoms with Gasteiger partial charge in [-0.15, -0.1) is 0 Å². The lowest BCUT2D eigenvalue weighted by Crippen LogP contribution is -1.97. The molecule has 0 N–H and O–H groups in total. The summed E-state index contributed by atoms with van der Waals surface area (Å²) < 4.78 is 0. The predicted molar refractivity (Wildman–Crippen MR) is 69.7 cm³/mol. The quantitative estimate of drug-likeness (QED) is 0.748. The van der Waals surface area contributed by atoms with Crippen molar-refractivity contribution in [3.63, 3.8) is 0 Å². The SMILES string of the molecule is CC(SC#N)c1ccccc1C(C)SC#N. The Morgan fingerprint density at radius 1 is 0.938 bits per heavy atom. The zero-order chi connectivity index (χ0) is 12.0. The van der Waals surface area contributed by atoms with Crippen molar-refractivity contribution in [2.45, 2.75) is 24.3 Å². The van der Waals surface area contributed by atoms with E-state index in [0.29, 0.717) is 0 Å². The van der Waals surface area contributed by atoms with Crippen LogP contribution in [-0.4, -0.2) is 0 Å². The van der Waals surface area contributed by atoms with Gasteiger partial charge in [-0.3, -0.25) is 0 Å². The number of benzene rings is 1. The second kappa shape index (κ2) is 6.48. The zero-order valence-electron chi connectivity index (χ0n) is 9.18. The third-order valence-electron chi connectivity index (χ3n) is 2.33. The van der Waals surface area contributed by atoms with Gasteiger partial charge in [-0.2, -0.15) is 10.5 Å². The first kappa shape index (κ1) is 13.0. The van der Waals surface area contributed by atoms with E-state index in [4.69, 9.17) is 10.5 Å². The highest BCUT2D eigenvalue weighted by Crippen LogP contribution is 2.36. The van der Waals surface area contributed by atoms with Gasteiger partial charge in [0.05, 0.1) is 0 Å². The molecular formula is C12H12N2S2. The first-order chi connectivity index (χ1) is 7.70. The monoisotopic (exact) mass is 248 g/mol. The van der Waals surface area contributed by atoms with Gasteiger partial charge < -0.3 is 0 Å². The lowest BCUT2D eigenvalue weighted by atomic mass is 10.0. The summed E-state index contributed by atoms with van der Waals surface area (Å²) in [4.78, 5) is 0. The van der Waals surface area contributed by atoms with Crippen molar-refractivity contribution in [1.82, 2.24) is 0 Å². The van der Waals surface area contributed by atoms with Crippen LogP contribution in [0.3, 0.4) is 0 Å². The fraction of sp³-hybridized carbons (Fsp3) is 0.333. The maximum Gasteiger partial charge on any atom is 0.133 e. The van der Waals surface area contributed by atoms with Crippen LogP contribution in [0.2, 0.25) is 0 Å². The van der Waals surface area contributed by atoms with E-state index in [9.17, 15) is 0 Å². The Labute approximate surface area is 105 Å². The Kier molecular flexibility index (Phi) is 5.25. The van der Waals surface area contributed by atoms with Crippen LogP contribution in [0.4, 0.5) is 0 Å². The Morgan fingerprint density at radius 2 is 1.31 bits per heavy atom. The first-order valence-electron chi connectivity index (χ1n) is 4.89. The summed E-state index contributed by atoms with van der Waals surface area (Å²) in [6.07, 6.45) is 0. The summed E-state index contributed by atoms with van der Waals surface area (Å²) in [6.45, 7) is 4.02. The normalized spacial score (nSPS) is 13.5. The van der Waals surface area contributed by atoms with Crippen LogP contribution in [0.1, 0.15) is 35.5 Å². The van der Waals surface area contributed by atoms with E-state index < -0.39 is 0 Å². The van der Waals surface area contributed by atoms with Gasteiger partial charge in [0.1, 0.15) is 10.8 Å². The van der Waals surface area contributed by atoms with Crippen LogP contribution in [0, 0.1) is 21.3 Å². The molecule has 4 heteroatoms. The molecule has 0 heterocycles. The largest absolute Gasteiger partial charge is 0.185 e. The number of thiocyanates is 2. The topological polar surface area (TPSA) is 47.6 Å². The van der Waals surface area contributed by atoms with Gasteiger partial charge in [-0.1, -0.05) is 24.3 Å². The van der Waals surface area contributed by atoms with Crippen molar-refractivity contribution in [3.8, 4) is 10.8 Å². The summed E-state index contributed by atoms with van der Waals surface area (Å²) in [5.74, 6) is 0. The van der Waals surface area contributed by atoms with E-state index in [1.54, 1.807) is 0 Å². The smallest absolute Gasteiger partial charge is 0.133 e. The average molecular weight is 248 g/mol. The van der Waals surface area contributed by atoms with Gasteiger partial charge >= 0.3 is 0 Å². The molecule has 0 saturated carbocycles. The molecule has 0 spiro atoms. The summed E-state index contributed by atoms with van der Waals surface area (Å²) in [5.41, 5.74) is 2.29. The Balaban J connectivity index is 3.01. The number of nitriles is 2. The van der Waals surface area contributed by atoms with Crippen molar-refractivity contribution in [2.24, 2.45) is 0 Å². The minimum absolute atomic E-state index is 0.142. The second-order valence-electron chi connectivity index (χ2n) is 3.33. The van der Waals surface area contributed by atoms with Gasteiger partial charge in [0.25, 0.3) is 0 Å². The molecule has 0 amide bonds. The zero-order valence-corrected chi connectivity index (χ0v) is 10.8. The molecule has 0 bridgehead atoms. The number of hydrogen-bond acceptors (Lipinski definition) is 4. The lowest BCUT2D eigenvalue weighted by Gasteiger charge is -2.16. The Bertz CT molecular complexity index is 390. The average Bonchev–Trinajstić information content (AvgIpc) is 2.30. The molecule has 0 aliphatic rings. The molecule has 2 nitrogen and oxygen atoms in total. The van der Waals surface area contributed by atoms with Crippen LogP contribution in [0.5, 0.6) is 0 Å². The number of hydrogen-bond donors (Lipinski definition) is 0. The summed E-state index contributed by atoms with van der Waals surface area (Å²) in [5, 5.41) is 21.9. The summed E-state index contributed by atoms with van der Waals surface area (Å²) >= 11 is 2.49. The minimum Gasteiger partial charge on any atom is -0.185 e. The van der Waals surface area contributed by atoms with E-state index in [0.717, 1.165) is 11.1 Å². The summed E-state index contributed by atoms with van der Waals surface area (Å²) in [7, 11) is 0. The number of rotatable bonds is 4. The molecule has 0 fully saturated rings. The lowest BCUT2D eigenvalue weighted by molar-refractivity contribution is 1.01. The molecule has 0 aliphatic heterocycles. The molecule has 1 aromatic carbocycles. The van der Waals surface area contributed by atoms with Gasteiger partial charge in [0.2, 0.25) is 0 Å². The molecule has 2 atom stereocenters. The standard InChI is InChI=1S/C12H12N2S2/c1-9(15-7-13)11-5-3-4-6-12(11)10(2)16-8-14/h3-6,9-10H,1-2H3. The highest BCUT2D eigenvalue weighted by molar-refractivity contribution is 8.04. The molecule has 2 unspecified atom stereocenters. The van der Waals surface area contributed by atoms with Crippen molar-refractivity contribution in [2.75, 3.05) is 0 Å². The van der Waals surface area contributed by atoms with Crippen molar-refractivity contribution in [1.29, 1.82) is 10.5 Å². The molecule has 16 heavy (non-hydrogen) atoms. The highest BCUT2D eigenvalue weighted by atomic mass is 32.2. The molecule has 0 aromatic heterocycles. The number of nitrogens with zero attached hydrogens (tertiary/aromatic N) is 2. The molecule has 82 valence electrons. The van der Waals surface area contributed by atoms with Gasteiger partial charge in [-0.05, 0) is 48.5 Å². The van der Waals surface area contributed by atoms with Crippen LogP contribution < -0.4 is 0 Å². The van der Waals surface area contributed by atoms with Crippen LogP contribution in [-0.2, 0) is 0 Å². The van der Waals surface area contributed by atoms with E-state index in [-0.39, 0.29) is 10.5 Å². The van der Waals surface area contributed by atoms with Crippen molar-refractivity contribution < 1.29 is 0 Å². The van der Waals surface area contributed by atoms with E-state index in [2.05, 4.69) is 10.8 Å². The van der Waals surface area contributed by atoms with E-state index in [1.165, 1.54) is 23.5 Å². The Hall–Kier alpha value is -1.10. The molecular weight excluding hydrogens is 236 g/mol. The van der Waals surface area contributed by atoms with Crippen LogP contribution in [0.15, 0.2) is 24.3 Å². The predicted octanol–water partition coefficient (Wildman–Crippen LogP) is 4.24. The van der Waals surface area contributed by atoms with E-state index in [1.807, 2.05) is 38.1 Å². The van der Waals surface area contributed by atoms with Gasteiger partial charge in [0, 0.05) is 10.5 Å². The third-order valence-corrected chi connectivity index (χ3v) is 3.76. The molecule has 0 saturated heterocycles. The molecule has 1 rings (SSSR count). The fourth-order valence-corrected chi connectivity index (χ4v) is 2.54. The minimum atomic E-state index is 0.142. The summed E-state index contributed by atoms with van der Waals surface area (Å²) in [6, 6.07) is 7.99.